The Balaban J connectivity index is 2.67. The van der Waals surface area contributed by atoms with E-state index in [0.717, 1.165) is 5.56 Å². The minimum atomic E-state index is -0.547. The second-order valence-electron chi connectivity index (χ2n) is 4.68. The number of hydrogen-bond acceptors (Lipinski definition) is 4. The maximum Gasteiger partial charge on any atom is 0.261 e. The molecule has 20 heavy (non-hydrogen) atoms. The van der Waals surface area contributed by atoms with E-state index in [1.54, 1.807) is 6.07 Å². The van der Waals surface area contributed by atoms with Gasteiger partial charge in [0.1, 0.15) is 5.75 Å². The van der Waals surface area contributed by atoms with Gasteiger partial charge in [-0.3, -0.25) is 9.59 Å². The molecule has 110 valence electrons. The van der Waals surface area contributed by atoms with Crippen molar-refractivity contribution in [3.05, 3.63) is 29.8 Å². The molecule has 0 aliphatic heterocycles. The Morgan fingerprint density at radius 2 is 1.95 bits per heavy atom. The average molecular weight is 279 g/mol. The lowest BCUT2D eigenvalue weighted by molar-refractivity contribution is -0.138. The van der Waals surface area contributed by atoms with Crippen LogP contribution in [0.15, 0.2) is 24.3 Å². The number of carbonyl (C=O) groups is 2. The molecular weight excluding hydrogens is 258 g/mol. The SMILES string of the molecule is CC(C)N(CC(N)=O)C(=O)COc1ccccc1CN. The smallest absolute Gasteiger partial charge is 0.261 e. The summed E-state index contributed by atoms with van der Waals surface area (Å²) in [5.41, 5.74) is 11.6. The molecule has 0 aliphatic carbocycles. The summed E-state index contributed by atoms with van der Waals surface area (Å²) in [7, 11) is 0. The Morgan fingerprint density at radius 3 is 2.50 bits per heavy atom. The zero-order chi connectivity index (χ0) is 15.1. The second kappa shape index (κ2) is 7.49. The van der Waals surface area contributed by atoms with Gasteiger partial charge in [-0.1, -0.05) is 18.2 Å². The molecular formula is C14H21N3O3. The molecule has 0 bridgehead atoms. The van der Waals surface area contributed by atoms with Crippen LogP contribution in [-0.2, 0) is 16.1 Å². The maximum absolute atomic E-state index is 12.1. The summed E-state index contributed by atoms with van der Waals surface area (Å²) in [6.45, 7) is 3.70. The summed E-state index contributed by atoms with van der Waals surface area (Å²) < 4.78 is 5.48. The highest BCUT2D eigenvalue weighted by molar-refractivity contribution is 5.84. The molecule has 0 unspecified atom stereocenters. The Morgan fingerprint density at radius 1 is 1.30 bits per heavy atom. The van der Waals surface area contributed by atoms with Gasteiger partial charge >= 0.3 is 0 Å². The minimum absolute atomic E-state index is 0.113. The molecule has 0 aromatic heterocycles. The number of amides is 2. The van der Waals surface area contributed by atoms with E-state index in [-0.39, 0.29) is 25.1 Å². The Labute approximate surface area is 118 Å². The van der Waals surface area contributed by atoms with Gasteiger partial charge in [0.05, 0.1) is 6.54 Å². The van der Waals surface area contributed by atoms with Crippen molar-refractivity contribution >= 4 is 11.8 Å². The Bertz CT molecular complexity index is 474. The predicted octanol–water partition coefficient (Wildman–Crippen LogP) is 0.246. The second-order valence-corrected chi connectivity index (χ2v) is 4.68. The van der Waals surface area contributed by atoms with Crippen LogP contribution in [0.5, 0.6) is 5.75 Å². The third-order valence-electron chi connectivity index (χ3n) is 2.81. The number of nitrogens with zero attached hydrogens (tertiary/aromatic N) is 1. The van der Waals surface area contributed by atoms with Crippen molar-refractivity contribution in [3.8, 4) is 5.75 Å². The van der Waals surface area contributed by atoms with Gasteiger partial charge in [0.15, 0.2) is 6.61 Å². The third kappa shape index (κ3) is 4.55. The number of ether oxygens (including phenoxy) is 1. The van der Waals surface area contributed by atoms with Crippen molar-refractivity contribution in [2.45, 2.75) is 26.4 Å². The van der Waals surface area contributed by atoms with E-state index in [1.165, 1.54) is 4.90 Å². The first-order valence-corrected chi connectivity index (χ1v) is 6.44. The molecule has 0 spiro atoms. The lowest BCUT2D eigenvalue weighted by atomic mass is 10.2. The van der Waals surface area contributed by atoms with E-state index in [0.29, 0.717) is 12.3 Å². The predicted molar refractivity (Wildman–Crippen MR) is 75.9 cm³/mol. The molecule has 0 aliphatic rings. The van der Waals surface area contributed by atoms with Crippen LogP contribution in [0.3, 0.4) is 0 Å². The standard InChI is InChI=1S/C14H21N3O3/c1-10(2)17(8-13(16)18)14(19)9-20-12-6-4-3-5-11(12)7-15/h3-6,10H,7-9,15H2,1-2H3,(H2,16,18). The molecule has 0 saturated carbocycles. The number of benzene rings is 1. The van der Waals surface area contributed by atoms with Gasteiger partial charge in [0, 0.05) is 18.2 Å². The van der Waals surface area contributed by atoms with E-state index in [1.807, 2.05) is 32.0 Å². The van der Waals surface area contributed by atoms with Gasteiger partial charge in [-0.15, -0.1) is 0 Å². The molecule has 0 saturated heterocycles. The highest BCUT2D eigenvalue weighted by Crippen LogP contribution is 2.17. The molecule has 6 nitrogen and oxygen atoms in total. The molecule has 1 aromatic rings. The van der Waals surface area contributed by atoms with Crippen molar-refractivity contribution in [1.82, 2.24) is 4.90 Å². The summed E-state index contributed by atoms with van der Waals surface area (Å²) >= 11 is 0. The molecule has 0 atom stereocenters. The molecule has 0 radical (unpaired) electrons. The van der Waals surface area contributed by atoms with Crippen LogP contribution in [0.2, 0.25) is 0 Å². The maximum atomic E-state index is 12.1. The topological polar surface area (TPSA) is 98.6 Å². The van der Waals surface area contributed by atoms with Crippen molar-refractivity contribution in [1.29, 1.82) is 0 Å². The van der Waals surface area contributed by atoms with Gasteiger partial charge in [-0.05, 0) is 19.9 Å². The normalized spacial score (nSPS) is 10.4. The first-order valence-electron chi connectivity index (χ1n) is 6.44. The fourth-order valence-electron chi connectivity index (χ4n) is 1.76. The van der Waals surface area contributed by atoms with E-state index < -0.39 is 5.91 Å². The van der Waals surface area contributed by atoms with Gasteiger partial charge in [-0.2, -0.15) is 0 Å². The number of para-hydroxylation sites is 1. The summed E-state index contributed by atoms with van der Waals surface area (Å²) in [6.07, 6.45) is 0. The molecule has 1 rings (SSSR count). The van der Waals surface area contributed by atoms with Crippen LogP contribution >= 0.6 is 0 Å². The lowest BCUT2D eigenvalue weighted by Gasteiger charge is -2.25. The Kier molecular flexibility index (Phi) is 5.99. The zero-order valence-corrected chi connectivity index (χ0v) is 11.8. The quantitative estimate of drug-likeness (QED) is 0.747. The third-order valence-corrected chi connectivity index (χ3v) is 2.81. The fraction of sp³-hybridized carbons (Fsp3) is 0.429. The highest BCUT2D eigenvalue weighted by Gasteiger charge is 2.19. The summed E-state index contributed by atoms with van der Waals surface area (Å²) in [4.78, 5) is 24.4. The fourth-order valence-corrected chi connectivity index (χ4v) is 1.76. The molecule has 0 fully saturated rings. The Hall–Kier alpha value is -2.08. The van der Waals surface area contributed by atoms with E-state index >= 15 is 0 Å². The molecule has 1 aromatic carbocycles. The van der Waals surface area contributed by atoms with E-state index in [2.05, 4.69) is 0 Å². The monoisotopic (exact) mass is 279 g/mol. The summed E-state index contributed by atoms with van der Waals surface area (Å²) in [5.74, 6) is -0.258. The van der Waals surface area contributed by atoms with Crippen LogP contribution < -0.4 is 16.2 Å². The average Bonchev–Trinajstić information content (AvgIpc) is 2.42. The van der Waals surface area contributed by atoms with Crippen LogP contribution in [0.1, 0.15) is 19.4 Å². The molecule has 6 heteroatoms. The summed E-state index contributed by atoms with van der Waals surface area (Å²) in [6, 6.07) is 7.13. The van der Waals surface area contributed by atoms with Crippen LogP contribution in [0.4, 0.5) is 0 Å². The van der Waals surface area contributed by atoms with Gasteiger partial charge in [-0.25, -0.2) is 0 Å². The van der Waals surface area contributed by atoms with Crippen molar-refractivity contribution < 1.29 is 14.3 Å². The largest absolute Gasteiger partial charge is 0.483 e. The van der Waals surface area contributed by atoms with Crippen molar-refractivity contribution in [2.24, 2.45) is 11.5 Å². The first kappa shape index (κ1) is 16.0. The van der Waals surface area contributed by atoms with Crippen molar-refractivity contribution in [2.75, 3.05) is 13.2 Å². The molecule has 2 amide bonds. The van der Waals surface area contributed by atoms with E-state index in [4.69, 9.17) is 16.2 Å². The minimum Gasteiger partial charge on any atom is -0.483 e. The zero-order valence-electron chi connectivity index (χ0n) is 11.8. The number of nitrogens with two attached hydrogens (primary N) is 2. The number of primary amides is 1. The summed E-state index contributed by atoms with van der Waals surface area (Å²) in [5, 5.41) is 0. The van der Waals surface area contributed by atoms with Crippen LogP contribution in [-0.4, -0.2) is 35.9 Å². The van der Waals surface area contributed by atoms with Crippen LogP contribution in [0.25, 0.3) is 0 Å². The van der Waals surface area contributed by atoms with Crippen molar-refractivity contribution in [3.63, 3.8) is 0 Å². The van der Waals surface area contributed by atoms with E-state index in [9.17, 15) is 9.59 Å². The molecule has 4 N–H and O–H groups in total. The van der Waals surface area contributed by atoms with Crippen LogP contribution in [0, 0.1) is 0 Å². The number of hydrogen-bond donors (Lipinski definition) is 2. The van der Waals surface area contributed by atoms with Gasteiger partial charge in [0.2, 0.25) is 5.91 Å². The highest BCUT2D eigenvalue weighted by atomic mass is 16.5. The first-order chi connectivity index (χ1) is 9.45. The molecule has 0 heterocycles. The number of rotatable bonds is 7. The number of carbonyl (C=O) groups excluding carboxylic acids is 2. The lowest BCUT2D eigenvalue weighted by Crippen LogP contribution is -2.44. The van der Waals surface area contributed by atoms with Gasteiger partial charge in [0.25, 0.3) is 5.91 Å². The van der Waals surface area contributed by atoms with Gasteiger partial charge < -0.3 is 21.1 Å².